The maximum Gasteiger partial charge on any atom is 0.142 e. The van der Waals surface area contributed by atoms with E-state index in [-0.39, 0.29) is 0 Å². The molecule has 0 aliphatic carbocycles. The predicted octanol–water partition coefficient (Wildman–Crippen LogP) is 4.21. The number of rotatable bonds is 10. The minimum absolute atomic E-state index is 0.593. The van der Waals surface area contributed by atoms with Crippen LogP contribution in [0.15, 0.2) is 48.5 Å². The molecule has 0 aliphatic heterocycles. The zero-order chi connectivity index (χ0) is 17.2. The van der Waals surface area contributed by atoms with E-state index in [4.69, 9.17) is 10.5 Å². The van der Waals surface area contributed by atoms with Gasteiger partial charge in [0, 0.05) is 12.5 Å². The zero-order valence-corrected chi connectivity index (χ0v) is 14.9. The number of nitrogens with two attached hydrogens (primary N) is 1. The Morgan fingerprint density at radius 2 is 1.83 bits per heavy atom. The van der Waals surface area contributed by atoms with E-state index in [1.807, 2.05) is 18.2 Å². The van der Waals surface area contributed by atoms with Gasteiger partial charge in [0.05, 0.1) is 12.3 Å². The molecule has 1 atom stereocenters. The Labute approximate surface area is 146 Å². The first-order valence-corrected chi connectivity index (χ1v) is 8.97. The number of anilines is 1. The van der Waals surface area contributed by atoms with Crippen LogP contribution in [0.4, 0.5) is 5.69 Å². The molecule has 0 aliphatic rings. The number of ether oxygens (including phenoxy) is 1. The molecule has 0 aromatic heterocycles. The van der Waals surface area contributed by atoms with Gasteiger partial charge in [-0.3, -0.25) is 0 Å². The Morgan fingerprint density at radius 1 is 1.04 bits per heavy atom. The largest absolute Gasteiger partial charge is 0.491 e. The second-order valence-corrected chi connectivity index (χ2v) is 6.32. The van der Waals surface area contributed by atoms with Gasteiger partial charge in [-0.25, -0.2) is 0 Å². The van der Waals surface area contributed by atoms with Crippen molar-refractivity contribution in [1.82, 2.24) is 5.32 Å². The fourth-order valence-electron chi connectivity index (χ4n) is 2.59. The van der Waals surface area contributed by atoms with Crippen LogP contribution in [-0.2, 0) is 12.8 Å². The van der Waals surface area contributed by atoms with Crippen molar-refractivity contribution in [2.75, 3.05) is 18.9 Å². The second-order valence-electron chi connectivity index (χ2n) is 6.32. The van der Waals surface area contributed by atoms with Crippen molar-refractivity contribution in [3.05, 3.63) is 59.7 Å². The molecule has 3 heteroatoms. The lowest BCUT2D eigenvalue weighted by Crippen LogP contribution is -2.26. The van der Waals surface area contributed by atoms with Crippen molar-refractivity contribution in [1.29, 1.82) is 0 Å². The summed E-state index contributed by atoms with van der Waals surface area (Å²) < 4.78 is 5.83. The lowest BCUT2D eigenvalue weighted by atomic mass is 10.1. The molecule has 0 spiro atoms. The summed E-state index contributed by atoms with van der Waals surface area (Å²) in [6, 6.07) is 17.1. The molecular weight excluding hydrogens is 296 g/mol. The molecule has 0 saturated heterocycles. The smallest absolute Gasteiger partial charge is 0.142 e. The molecule has 2 aromatic rings. The molecule has 1 unspecified atom stereocenters. The van der Waals surface area contributed by atoms with E-state index in [9.17, 15) is 0 Å². The van der Waals surface area contributed by atoms with E-state index in [2.05, 4.69) is 49.5 Å². The minimum atomic E-state index is 0.593. The quantitative estimate of drug-likeness (QED) is 0.508. The summed E-state index contributed by atoms with van der Waals surface area (Å²) in [4.78, 5) is 0. The number of benzene rings is 2. The summed E-state index contributed by atoms with van der Waals surface area (Å²) in [6.45, 7) is 6.12. The molecule has 2 rings (SSSR count). The summed E-state index contributed by atoms with van der Waals surface area (Å²) in [5.41, 5.74) is 9.42. The van der Waals surface area contributed by atoms with Gasteiger partial charge in [-0.1, -0.05) is 43.3 Å². The standard InChI is InChI=1S/C21H30N2O/c1-3-17(2)23-14-7-10-19-11-12-21(20(22)16-19)24-15-13-18-8-5-4-6-9-18/h4-6,8-9,11-12,16-17,23H,3,7,10,13-15,22H2,1-2H3. The highest BCUT2D eigenvalue weighted by Gasteiger charge is 2.03. The summed E-state index contributed by atoms with van der Waals surface area (Å²) in [7, 11) is 0. The predicted molar refractivity (Wildman–Crippen MR) is 103 cm³/mol. The van der Waals surface area contributed by atoms with Crippen LogP contribution < -0.4 is 15.8 Å². The summed E-state index contributed by atoms with van der Waals surface area (Å²) in [5, 5.41) is 3.52. The molecule has 0 amide bonds. The van der Waals surface area contributed by atoms with Crippen LogP contribution in [0.3, 0.4) is 0 Å². The fraction of sp³-hybridized carbons (Fsp3) is 0.429. The third-order valence-electron chi connectivity index (χ3n) is 4.31. The Bertz CT molecular complexity index is 598. The van der Waals surface area contributed by atoms with Crippen LogP contribution in [0.2, 0.25) is 0 Å². The molecule has 3 N–H and O–H groups in total. The molecule has 2 aromatic carbocycles. The highest BCUT2D eigenvalue weighted by Crippen LogP contribution is 2.23. The van der Waals surface area contributed by atoms with Crippen molar-refractivity contribution in [2.24, 2.45) is 0 Å². The first-order valence-electron chi connectivity index (χ1n) is 8.97. The van der Waals surface area contributed by atoms with Crippen molar-refractivity contribution in [3.8, 4) is 5.75 Å². The summed E-state index contributed by atoms with van der Waals surface area (Å²) >= 11 is 0. The third kappa shape index (κ3) is 6.25. The van der Waals surface area contributed by atoms with Gasteiger partial charge in [0.2, 0.25) is 0 Å². The fourth-order valence-corrected chi connectivity index (χ4v) is 2.59. The first-order chi connectivity index (χ1) is 11.7. The van der Waals surface area contributed by atoms with E-state index in [0.717, 1.165) is 37.2 Å². The van der Waals surface area contributed by atoms with Crippen molar-refractivity contribution in [3.63, 3.8) is 0 Å². The summed E-state index contributed by atoms with van der Waals surface area (Å²) in [5.74, 6) is 0.785. The Morgan fingerprint density at radius 3 is 2.54 bits per heavy atom. The SMILES string of the molecule is CCC(C)NCCCc1ccc(OCCc2ccccc2)c(N)c1. The maximum atomic E-state index is 6.13. The van der Waals surface area contributed by atoms with E-state index in [1.165, 1.54) is 17.5 Å². The van der Waals surface area contributed by atoms with Crippen LogP contribution in [0.25, 0.3) is 0 Å². The summed E-state index contributed by atoms with van der Waals surface area (Å²) in [6.07, 6.45) is 4.22. The van der Waals surface area contributed by atoms with Gasteiger partial charge >= 0.3 is 0 Å². The molecule has 0 bridgehead atoms. The van der Waals surface area contributed by atoms with Gasteiger partial charge < -0.3 is 15.8 Å². The lowest BCUT2D eigenvalue weighted by molar-refractivity contribution is 0.323. The Kier molecular flexibility index (Phi) is 7.63. The number of nitrogen functional groups attached to an aromatic ring is 1. The Balaban J connectivity index is 1.75. The first kappa shape index (κ1) is 18.3. The monoisotopic (exact) mass is 326 g/mol. The van der Waals surface area contributed by atoms with Gasteiger partial charge in [0.25, 0.3) is 0 Å². The highest BCUT2D eigenvalue weighted by molar-refractivity contribution is 5.54. The van der Waals surface area contributed by atoms with Crippen molar-refractivity contribution in [2.45, 2.75) is 45.6 Å². The molecule has 130 valence electrons. The van der Waals surface area contributed by atoms with E-state index in [0.29, 0.717) is 12.6 Å². The number of nitrogens with one attached hydrogen (secondary N) is 1. The molecule has 0 fully saturated rings. The van der Waals surface area contributed by atoms with Crippen LogP contribution in [-0.4, -0.2) is 19.2 Å². The molecule has 0 radical (unpaired) electrons. The molecular formula is C21H30N2O. The third-order valence-corrected chi connectivity index (χ3v) is 4.31. The van der Waals surface area contributed by atoms with Crippen molar-refractivity contribution >= 4 is 5.69 Å². The van der Waals surface area contributed by atoms with Crippen LogP contribution in [0, 0.1) is 0 Å². The molecule has 3 nitrogen and oxygen atoms in total. The van der Waals surface area contributed by atoms with Gasteiger partial charge in [-0.2, -0.15) is 0 Å². The minimum Gasteiger partial charge on any atom is -0.491 e. The normalized spacial score (nSPS) is 12.1. The maximum absolute atomic E-state index is 6.13. The number of aryl methyl sites for hydroxylation is 1. The number of hydrogen-bond acceptors (Lipinski definition) is 3. The number of hydrogen-bond donors (Lipinski definition) is 2. The lowest BCUT2D eigenvalue weighted by Gasteiger charge is -2.12. The average Bonchev–Trinajstić information content (AvgIpc) is 2.61. The highest BCUT2D eigenvalue weighted by atomic mass is 16.5. The van der Waals surface area contributed by atoms with Crippen LogP contribution in [0.5, 0.6) is 5.75 Å². The van der Waals surface area contributed by atoms with Crippen LogP contribution in [0.1, 0.15) is 37.8 Å². The van der Waals surface area contributed by atoms with Crippen molar-refractivity contribution < 1.29 is 4.74 Å². The topological polar surface area (TPSA) is 47.3 Å². The molecule has 24 heavy (non-hydrogen) atoms. The zero-order valence-electron chi connectivity index (χ0n) is 14.9. The van der Waals surface area contributed by atoms with E-state index >= 15 is 0 Å². The molecule has 0 saturated carbocycles. The van der Waals surface area contributed by atoms with Gasteiger partial charge in [-0.05, 0) is 56.0 Å². The van der Waals surface area contributed by atoms with Crippen LogP contribution >= 0.6 is 0 Å². The van der Waals surface area contributed by atoms with Gasteiger partial charge in [0.15, 0.2) is 0 Å². The average molecular weight is 326 g/mol. The Hall–Kier alpha value is -2.00. The van der Waals surface area contributed by atoms with Gasteiger partial charge in [0.1, 0.15) is 5.75 Å². The van der Waals surface area contributed by atoms with E-state index in [1.54, 1.807) is 0 Å². The van der Waals surface area contributed by atoms with E-state index < -0.39 is 0 Å². The molecule has 0 heterocycles. The second kappa shape index (κ2) is 9.99. The van der Waals surface area contributed by atoms with Gasteiger partial charge in [-0.15, -0.1) is 0 Å².